The number of pyridine rings is 2. The molecule has 8 heteroatoms. The van der Waals surface area contributed by atoms with Crippen LogP contribution >= 0.6 is 23.2 Å². The number of hydrogen-bond acceptors (Lipinski definition) is 4. The standard InChI is InChI=1S/C22H22Cl2N4O2/c23-17-5-4-15(13-25)16(11-17)14-27-21(29)12-19-20(24)7-10-28(22(19)30)9-6-18-3-1-2-8-26-18/h1-5,7-8,10-11H,6,9,12-14,25H2,(H,27,29). The minimum absolute atomic E-state index is 0.110. The number of benzene rings is 1. The number of nitrogens with two attached hydrogens (primary N) is 1. The highest BCUT2D eigenvalue weighted by atomic mass is 35.5. The molecular formula is C22H22Cl2N4O2. The van der Waals surface area contributed by atoms with Gasteiger partial charge in [-0.05, 0) is 41.5 Å². The van der Waals surface area contributed by atoms with Gasteiger partial charge < -0.3 is 15.6 Å². The lowest BCUT2D eigenvalue weighted by Crippen LogP contribution is -2.31. The van der Waals surface area contributed by atoms with Gasteiger partial charge in [-0.2, -0.15) is 0 Å². The number of hydrogen-bond donors (Lipinski definition) is 2. The van der Waals surface area contributed by atoms with Crippen LogP contribution < -0.4 is 16.6 Å². The maximum absolute atomic E-state index is 12.8. The molecule has 30 heavy (non-hydrogen) atoms. The van der Waals surface area contributed by atoms with Crippen molar-refractivity contribution >= 4 is 29.1 Å². The van der Waals surface area contributed by atoms with E-state index in [2.05, 4.69) is 10.3 Å². The molecular weight excluding hydrogens is 423 g/mol. The second-order valence-corrected chi connectivity index (χ2v) is 7.63. The average Bonchev–Trinajstić information content (AvgIpc) is 2.75. The Balaban J connectivity index is 1.67. The summed E-state index contributed by atoms with van der Waals surface area (Å²) in [5.74, 6) is -0.306. The molecule has 0 aliphatic carbocycles. The maximum Gasteiger partial charge on any atom is 0.255 e. The van der Waals surface area contributed by atoms with Crippen LogP contribution in [0.2, 0.25) is 10.0 Å². The normalized spacial score (nSPS) is 10.8. The molecule has 0 aliphatic heterocycles. The predicted octanol–water partition coefficient (Wildman–Crippen LogP) is 3.11. The molecule has 1 aromatic carbocycles. The van der Waals surface area contributed by atoms with Crippen molar-refractivity contribution in [1.82, 2.24) is 14.9 Å². The molecule has 0 spiro atoms. The van der Waals surface area contributed by atoms with Gasteiger partial charge in [-0.25, -0.2) is 0 Å². The predicted molar refractivity (Wildman–Crippen MR) is 119 cm³/mol. The number of carbonyl (C=O) groups excluding carboxylic acids is 1. The van der Waals surface area contributed by atoms with E-state index in [1.165, 1.54) is 0 Å². The summed E-state index contributed by atoms with van der Waals surface area (Å²) in [5, 5.41) is 3.65. The SMILES string of the molecule is NCc1ccc(Cl)cc1CNC(=O)Cc1c(Cl)ccn(CCc2ccccn2)c1=O. The molecule has 2 aromatic heterocycles. The zero-order chi connectivity index (χ0) is 21.5. The van der Waals surface area contributed by atoms with Gasteiger partial charge in [-0.15, -0.1) is 0 Å². The molecule has 3 aromatic rings. The highest BCUT2D eigenvalue weighted by Gasteiger charge is 2.14. The van der Waals surface area contributed by atoms with Crippen molar-refractivity contribution < 1.29 is 4.79 Å². The summed E-state index contributed by atoms with van der Waals surface area (Å²) in [4.78, 5) is 29.5. The highest BCUT2D eigenvalue weighted by Crippen LogP contribution is 2.16. The minimum atomic E-state index is -0.306. The van der Waals surface area contributed by atoms with Crippen LogP contribution in [-0.4, -0.2) is 15.5 Å². The third-order valence-electron chi connectivity index (χ3n) is 4.74. The van der Waals surface area contributed by atoms with Gasteiger partial charge in [0.1, 0.15) is 0 Å². The van der Waals surface area contributed by atoms with E-state index in [-0.39, 0.29) is 35.0 Å². The van der Waals surface area contributed by atoms with E-state index in [4.69, 9.17) is 28.9 Å². The largest absolute Gasteiger partial charge is 0.352 e. The Morgan fingerprint density at radius 3 is 2.70 bits per heavy atom. The Labute approximate surface area is 184 Å². The number of carbonyl (C=O) groups is 1. The van der Waals surface area contributed by atoms with E-state index < -0.39 is 0 Å². The lowest BCUT2D eigenvalue weighted by molar-refractivity contribution is -0.120. The molecule has 0 saturated carbocycles. The number of rotatable bonds is 8. The Kier molecular flexibility index (Phi) is 7.63. The van der Waals surface area contributed by atoms with Crippen LogP contribution in [0.15, 0.2) is 59.7 Å². The molecule has 0 saturated heterocycles. The van der Waals surface area contributed by atoms with Crippen molar-refractivity contribution in [2.75, 3.05) is 0 Å². The summed E-state index contributed by atoms with van der Waals surface area (Å²) >= 11 is 12.2. The smallest absolute Gasteiger partial charge is 0.255 e. The van der Waals surface area contributed by atoms with Crippen LogP contribution in [0, 0.1) is 0 Å². The van der Waals surface area contributed by atoms with Gasteiger partial charge in [-0.1, -0.05) is 35.3 Å². The number of nitrogens with one attached hydrogen (secondary N) is 1. The molecule has 0 fully saturated rings. The van der Waals surface area contributed by atoms with Crippen LogP contribution in [-0.2, 0) is 37.3 Å². The van der Waals surface area contributed by atoms with Crippen LogP contribution in [0.1, 0.15) is 22.4 Å². The second kappa shape index (κ2) is 10.4. The summed E-state index contributed by atoms with van der Waals surface area (Å²) in [6.07, 6.45) is 3.84. The molecule has 156 valence electrons. The van der Waals surface area contributed by atoms with Crippen molar-refractivity contribution in [1.29, 1.82) is 0 Å². The Morgan fingerprint density at radius 1 is 1.13 bits per heavy atom. The highest BCUT2D eigenvalue weighted by molar-refractivity contribution is 6.31. The summed E-state index contributed by atoms with van der Waals surface area (Å²) in [7, 11) is 0. The molecule has 3 rings (SSSR count). The van der Waals surface area contributed by atoms with Gasteiger partial charge >= 0.3 is 0 Å². The van der Waals surface area contributed by atoms with E-state index in [0.717, 1.165) is 16.8 Å². The van der Waals surface area contributed by atoms with Crippen molar-refractivity contribution in [3.8, 4) is 0 Å². The average molecular weight is 445 g/mol. The Hall–Kier alpha value is -2.67. The molecule has 0 aliphatic rings. The van der Waals surface area contributed by atoms with E-state index >= 15 is 0 Å². The third kappa shape index (κ3) is 5.69. The molecule has 0 radical (unpaired) electrons. The van der Waals surface area contributed by atoms with Gasteiger partial charge in [-0.3, -0.25) is 14.6 Å². The minimum Gasteiger partial charge on any atom is -0.352 e. The van der Waals surface area contributed by atoms with E-state index in [9.17, 15) is 9.59 Å². The van der Waals surface area contributed by atoms with Gasteiger partial charge in [0, 0.05) is 54.7 Å². The van der Waals surface area contributed by atoms with E-state index in [1.54, 1.807) is 35.2 Å². The number of aromatic nitrogens is 2. The first-order valence-electron chi connectivity index (χ1n) is 9.49. The maximum atomic E-state index is 12.8. The van der Waals surface area contributed by atoms with Crippen LogP contribution in [0.5, 0.6) is 0 Å². The van der Waals surface area contributed by atoms with Gasteiger partial charge in [0.05, 0.1) is 11.4 Å². The van der Waals surface area contributed by atoms with Gasteiger partial charge in [0.2, 0.25) is 5.91 Å². The second-order valence-electron chi connectivity index (χ2n) is 6.78. The third-order valence-corrected chi connectivity index (χ3v) is 5.33. The summed E-state index contributed by atoms with van der Waals surface area (Å²) in [5.41, 5.74) is 8.34. The first kappa shape index (κ1) is 22.0. The molecule has 0 atom stereocenters. The zero-order valence-corrected chi connectivity index (χ0v) is 17.8. The Bertz CT molecular complexity index is 1080. The first-order valence-corrected chi connectivity index (χ1v) is 10.3. The summed E-state index contributed by atoms with van der Waals surface area (Å²) in [6, 6.07) is 12.6. The summed E-state index contributed by atoms with van der Waals surface area (Å²) < 4.78 is 1.55. The molecule has 6 nitrogen and oxygen atoms in total. The number of aryl methyl sites for hydroxylation is 2. The van der Waals surface area contributed by atoms with Crippen LogP contribution in [0.25, 0.3) is 0 Å². The Morgan fingerprint density at radius 2 is 1.97 bits per heavy atom. The van der Waals surface area contributed by atoms with Crippen LogP contribution in [0.3, 0.4) is 0 Å². The number of amides is 1. The monoisotopic (exact) mass is 444 g/mol. The number of nitrogens with zero attached hydrogens (tertiary/aromatic N) is 2. The van der Waals surface area contributed by atoms with Gasteiger partial charge in [0.25, 0.3) is 5.56 Å². The number of halogens is 2. The molecule has 2 heterocycles. The first-order chi connectivity index (χ1) is 14.5. The van der Waals surface area contributed by atoms with Crippen molar-refractivity contribution in [3.05, 3.63) is 97.6 Å². The topological polar surface area (TPSA) is 90.0 Å². The zero-order valence-electron chi connectivity index (χ0n) is 16.3. The van der Waals surface area contributed by atoms with Crippen molar-refractivity contribution in [2.45, 2.75) is 32.5 Å². The van der Waals surface area contributed by atoms with Crippen molar-refractivity contribution in [2.24, 2.45) is 5.73 Å². The fourth-order valence-corrected chi connectivity index (χ4v) is 3.49. The lowest BCUT2D eigenvalue weighted by atomic mass is 10.1. The van der Waals surface area contributed by atoms with Crippen molar-refractivity contribution in [3.63, 3.8) is 0 Å². The van der Waals surface area contributed by atoms with E-state index in [0.29, 0.717) is 24.5 Å². The quantitative estimate of drug-likeness (QED) is 0.558. The summed E-state index contributed by atoms with van der Waals surface area (Å²) in [6.45, 7) is 1.06. The van der Waals surface area contributed by atoms with E-state index in [1.807, 2.05) is 24.3 Å². The van der Waals surface area contributed by atoms with Crippen LogP contribution in [0.4, 0.5) is 0 Å². The fraction of sp³-hybridized carbons (Fsp3) is 0.227. The molecule has 3 N–H and O–H groups in total. The molecule has 1 amide bonds. The lowest BCUT2D eigenvalue weighted by Gasteiger charge is -2.12. The molecule has 0 unspecified atom stereocenters. The van der Waals surface area contributed by atoms with Gasteiger partial charge in [0.15, 0.2) is 0 Å². The molecule has 0 bridgehead atoms. The fourth-order valence-electron chi connectivity index (χ4n) is 3.09.